The lowest BCUT2D eigenvalue weighted by Gasteiger charge is -2.26. The first kappa shape index (κ1) is 24.3. The van der Waals surface area contributed by atoms with Crippen LogP contribution in [0.5, 0.6) is 0 Å². The topological polar surface area (TPSA) is 105 Å². The summed E-state index contributed by atoms with van der Waals surface area (Å²) in [5.74, 6) is -0.833. The molecule has 1 atom stereocenters. The molecule has 0 radical (unpaired) electrons. The average molecular weight is 440 g/mol. The Morgan fingerprint density at radius 2 is 1.73 bits per heavy atom. The van der Waals surface area contributed by atoms with E-state index in [1.807, 2.05) is 27.7 Å². The summed E-state index contributed by atoms with van der Waals surface area (Å²) in [7, 11) is -3.71. The molecule has 0 unspecified atom stereocenters. The molecule has 0 spiro atoms. The molecule has 0 aromatic heterocycles. The number of amides is 2. The summed E-state index contributed by atoms with van der Waals surface area (Å²) >= 11 is 0. The van der Waals surface area contributed by atoms with Gasteiger partial charge in [0.2, 0.25) is 15.9 Å². The third-order valence-electron chi connectivity index (χ3n) is 5.27. The number of carbonyl (C=O) groups excluding carboxylic acids is 2. The highest BCUT2D eigenvalue weighted by Crippen LogP contribution is 2.18. The molecule has 1 aliphatic heterocycles. The van der Waals surface area contributed by atoms with Gasteiger partial charge in [-0.1, -0.05) is 33.8 Å². The molecule has 1 heterocycles. The summed E-state index contributed by atoms with van der Waals surface area (Å²) in [6, 6.07) is 5.26. The zero-order chi connectivity index (χ0) is 22.3. The number of benzene rings is 1. The summed E-state index contributed by atoms with van der Waals surface area (Å²) in [5, 5.41) is 5.73. The van der Waals surface area contributed by atoms with Crippen molar-refractivity contribution < 1.29 is 22.7 Å². The lowest BCUT2D eigenvalue weighted by atomic mass is 10.0. The molecule has 1 fully saturated rings. The van der Waals surface area contributed by atoms with Gasteiger partial charge < -0.3 is 15.4 Å². The van der Waals surface area contributed by atoms with E-state index in [2.05, 4.69) is 10.6 Å². The lowest BCUT2D eigenvalue weighted by molar-refractivity contribution is -0.124. The number of nitrogens with zero attached hydrogens (tertiary/aromatic N) is 1. The molecular weight excluding hydrogens is 406 g/mol. The number of hydrogen-bond acceptors (Lipinski definition) is 5. The van der Waals surface area contributed by atoms with Crippen LogP contribution in [0.3, 0.4) is 0 Å². The highest BCUT2D eigenvalue weighted by atomic mass is 32.2. The van der Waals surface area contributed by atoms with Gasteiger partial charge in [-0.25, -0.2) is 8.42 Å². The van der Waals surface area contributed by atoms with Gasteiger partial charge in [0, 0.05) is 24.7 Å². The minimum absolute atomic E-state index is 0.0534. The molecule has 168 valence electrons. The second-order valence-corrected chi connectivity index (χ2v) is 9.70. The zero-order valence-electron chi connectivity index (χ0n) is 18.2. The Morgan fingerprint density at radius 3 is 2.30 bits per heavy atom. The molecule has 2 rings (SSSR count). The summed E-state index contributed by atoms with van der Waals surface area (Å²) < 4.78 is 32.3. The van der Waals surface area contributed by atoms with E-state index >= 15 is 0 Å². The quantitative estimate of drug-likeness (QED) is 0.610. The summed E-state index contributed by atoms with van der Waals surface area (Å²) in [5.41, 5.74) is 0.199. The van der Waals surface area contributed by atoms with Gasteiger partial charge in [-0.05, 0) is 37.0 Å². The van der Waals surface area contributed by atoms with Crippen molar-refractivity contribution in [2.45, 2.75) is 57.5 Å². The molecule has 0 aliphatic carbocycles. The Labute approximate surface area is 179 Å². The number of sulfonamides is 1. The van der Waals surface area contributed by atoms with Crippen LogP contribution < -0.4 is 10.6 Å². The SMILES string of the molecule is CCC(CC)NC(=O)[C@@H](NC(=O)c1cccc(S(=O)(=O)N2CCOCC2)c1)C(C)C. The molecule has 1 aliphatic rings. The molecule has 1 aromatic carbocycles. The van der Waals surface area contributed by atoms with Gasteiger partial charge in [0.1, 0.15) is 6.04 Å². The Morgan fingerprint density at radius 1 is 1.10 bits per heavy atom. The molecule has 8 nitrogen and oxygen atoms in total. The van der Waals surface area contributed by atoms with Crippen LogP contribution in [0.15, 0.2) is 29.2 Å². The van der Waals surface area contributed by atoms with Crippen molar-refractivity contribution in [3.8, 4) is 0 Å². The first-order chi connectivity index (χ1) is 14.2. The fraction of sp³-hybridized carbons (Fsp3) is 0.619. The van der Waals surface area contributed by atoms with Crippen molar-refractivity contribution in [2.24, 2.45) is 5.92 Å². The van der Waals surface area contributed by atoms with Crippen molar-refractivity contribution in [1.29, 1.82) is 0 Å². The first-order valence-corrected chi connectivity index (χ1v) is 11.9. The highest BCUT2D eigenvalue weighted by Gasteiger charge is 2.29. The van der Waals surface area contributed by atoms with Crippen molar-refractivity contribution >= 4 is 21.8 Å². The summed E-state index contributed by atoms with van der Waals surface area (Å²) in [6.07, 6.45) is 1.62. The highest BCUT2D eigenvalue weighted by molar-refractivity contribution is 7.89. The smallest absolute Gasteiger partial charge is 0.251 e. The minimum atomic E-state index is -3.71. The molecule has 1 aromatic rings. The van der Waals surface area contributed by atoms with Crippen LogP contribution in [0, 0.1) is 5.92 Å². The predicted molar refractivity (Wildman–Crippen MR) is 115 cm³/mol. The largest absolute Gasteiger partial charge is 0.379 e. The molecule has 0 bridgehead atoms. The maximum atomic E-state index is 12.9. The number of rotatable bonds is 9. The summed E-state index contributed by atoms with van der Waals surface area (Å²) in [4.78, 5) is 25.6. The van der Waals surface area contributed by atoms with Gasteiger partial charge in [-0.2, -0.15) is 4.31 Å². The van der Waals surface area contributed by atoms with Crippen molar-refractivity contribution in [3.05, 3.63) is 29.8 Å². The average Bonchev–Trinajstić information content (AvgIpc) is 2.75. The van der Waals surface area contributed by atoms with E-state index in [1.54, 1.807) is 6.07 Å². The van der Waals surface area contributed by atoms with Crippen LogP contribution in [-0.2, 0) is 19.6 Å². The Hall–Kier alpha value is -1.97. The van der Waals surface area contributed by atoms with E-state index in [1.165, 1.54) is 22.5 Å². The van der Waals surface area contributed by atoms with Gasteiger partial charge in [0.05, 0.1) is 18.1 Å². The van der Waals surface area contributed by atoms with Gasteiger partial charge in [-0.3, -0.25) is 9.59 Å². The first-order valence-electron chi connectivity index (χ1n) is 10.5. The molecule has 30 heavy (non-hydrogen) atoms. The van der Waals surface area contributed by atoms with E-state index in [0.29, 0.717) is 13.2 Å². The molecule has 2 amide bonds. The molecule has 2 N–H and O–H groups in total. The number of morpholine rings is 1. The van der Waals surface area contributed by atoms with E-state index in [-0.39, 0.29) is 41.4 Å². The second kappa shape index (κ2) is 10.9. The van der Waals surface area contributed by atoms with Crippen molar-refractivity contribution in [1.82, 2.24) is 14.9 Å². The van der Waals surface area contributed by atoms with Gasteiger partial charge >= 0.3 is 0 Å². The third-order valence-corrected chi connectivity index (χ3v) is 7.17. The van der Waals surface area contributed by atoms with Crippen LogP contribution in [0.25, 0.3) is 0 Å². The number of nitrogens with one attached hydrogen (secondary N) is 2. The molecular formula is C21H33N3O5S. The number of carbonyl (C=O) groups is 2. The maximum Gasteiger partial charge on any atom is 0.251 e. The van der Waals surface area contributed by atoms with Crippen LogP contribution in [-0.4, -0.2) is 62.9 Å². The standard InChI is InChI=1S/C21H33N3O5S/c1-5-17(6-2)22-21(26)19(15(3)4)23-20(25)16-8-7-9-18(14-16)30(27,28)24-10-12-29-13-11-24/h7-9,14-15,17,19H,5-6,10-13H2,1-4H3,(H,22,26)(H,23,25)/t19-/m0/s1. The van der Waals surface area contributed by atoms with Crippen LogP contribution in [0.2, 0.25) is 0 Å². The lowest BCUT2D eigenvalue weighted by Crippen LogP contribution is -2.52. The summed E-state index contributed by atoms with van der Waals surface area (Å²) in [6.45, 7) is 8.97. The molecule has 1 saturated heterocycles. The normalized spacial score (nSPS) is 16.5. The van der Waals surface area contributed by atoms with E-state index in [4.69, 9.17) is 4.74 Å². The second-order valence-electron chi connectivity index (χ2n) is 7.76. The van der Waals surface area contributed by atoms with E-state index in [0.717, 1.165) is 12.8 Å². The molecule has 9 heteroatoms. The van der Waals surface area contributed by atoms with E-state index < -0.39 is 22.0 Å². The van der Waals surface area contributed by atoms with Gasteiger partial charge in [-0.15, -0.1) is 0 Å². The van der Waals surface area contributed by atoms with E-state index in [9.17, 15) is 18.0 Å². The van der Waals surface area contributed by atoms with Gasteiger partial charge in [0.15, 0.2) is 0 Å². The number of ether oxygens (including phenoxy) is 1. The Kier molecular flexibility index (Phi) is 8.81. The van der Waals surface area contributed by atoms with Crippen LogP contribution in [0.1, 0.15) is 50.9 Å². The fourth-order valence-electron chi connectivity index (χ4n) is 3.28. The molecule has 0 saturated carbocycles. The Bertz CT molecular complexity index is 831. The third kappa shape index (κ3) is 6.02. The monoisotopic (exact) mass is 439 g/mol. The van der Waals surface area contributed by atoms with Crippen LogP contribution >= 0.6 is 0 Å². The fourth-order valence-corrected chi connectivity index (χ4v) is 4.73. The predicted octanol–water partition coefficient (Wildman–Crippen LogP) is 1.77. The Balaban J connectivity index is 2.17. The van der Waals surface area contributed by atoms with Crippen LogP contribution in [0.4, 0.5) is 0 Å². The van der Waals surface area contributed by atoms with Crippen molar-refractivity contribution in [2.75, 3.05) is 26.3 Å². The number of hydrogen-bond donors (Lipinski definition) is 2. The van der Waals surface area contributed by atoms with Gasteiger partial charge in [0.25, 0.3) is 5.91 Å². The zero-order valence-corrected chi connectivity index (χ0v) is 19.0. The minimum Gasteiger partial charge on any atom is -0.379 e. The van der Waals surface area contributed by atoms with Crippen molar-refractivity contribution in [3.63, 3.8) is 0 Å². The maximum absolute atomic E-state index is 12.9.